The molecule has 1 aliphatic heterocycles. The Balaban J connectivity index is 1.72. The highest BCUT2D eigenvalue weighted by atomic mass is 79.9. The summed E-state index contributed by atoms with van der Waals surface area (Å²) in [7, 11) is 0. The lowest BCUT2D eigenvalue weighted by molar-refractivity contribution is 0.180. The molecule has 0 N–H and O–H groups in total. The van der Waals surface area contributed by atoms with E-state index in [4.69, 9.17) is 11.6 Å². The molecule has 0 aromatic heterocycles. The molecule has 2 fully saturated rings. The van der Waals surface area contributed by atoms with Crippen molar-refractivity contribution in [1.82, 2.24) is 0 Å². The van der Waals surface area contributed by atoms with Gasteiger partial charge in [0.1, 0.15) is 0 Å². The third kappa shape index (κ3) is 2.42. The summed E-state index contributed by atoms with van der Waals surface area (Å²) in [6.07, 6.45) is 8.52. The molecule has 0 amide bonds. The van der Waals surface area contributed by atoms with Crippen LogP contribution < -0.4 is 4.90 Å². The highest BCUT2D eigenvalue weighted by Gasteiger charge is 2.43. The second kappa shape index (κ2) is 5.05. The van der Waals surface area contributed by atoms with Gasteiger partial charge in [-0.25, -0.2) is 0 Å². The molecule has 0 bridgehead atoms. The summed E-state index contributed by atoms with van der Waals surface area (Å²) in [4.78, 5) is 2.44. The van der Waals surface area contributed by atoms with Crippen LogP contribution in [0.2, 0.25) is 5.02 Å². The Morgan fingerprint density at radius 2 is 1.72 bits per heavy atom. The predicted octanol–water partition coefficient (Wildman–Crippen LogP) is 5.26. The monoisotopic (exact) mass is 327 g/mol. The molecule has 0 unspecified atom stereocenters. The van der Waals surface area contributed by atoms with Crippen LogP contribution in [0.15, 0.2) is 22.7 Å². The van der Waals surface area contributed by atoms with Crippen LogP contribution in [0.4, 0.5) is 5.69 Å². The lowest BCUT2D eigenvalue weighted by Crippen LogP contribution is -2.56. The lowest BCUT2D eigenvalue weighted by Gasteiger charge is -2.52. The molecule has 1 spiro atoms. The third-order valence-electron chi connectivity index (χ3n) is 4.47. The van der Waals surface area contributed by atoms with E-state index in [1.165, 1.54) is 57.3 Å². The molecular weight excluding hydrogens is 310 g/mol. The van der Waals surface area contributed by atoms with Crippen LogP contribution in [0, 0.1) is 5.41 Å². The van der Waals surface area contributed by atoms with Gasteiger partial charge < -0.3 is 4.90 Å². The number of rotatable bonds is 1. The summed E-state index contributed by atoms with van der Waals surface area (Å²) in [5.74, 6) is 0. The van der Waals surface area contributed by atoms with Gasteiger partial charge in [0.05, 0.1) is 10.7 Å². The van der Waals surface area contributed by atoms with Crippen molar-refractivity contribution in [1.29, 1.82) is 0 Å². The first-order valence-corrected chi connectivity index (χ1v) is 8.06. The van der Waals surface area contributed by atoms with Gasteiger partial charge in [0, 0.05) is 23.0 Å². The molecule has 3 heteroatoms. The smallest absolute Gasteiger partial charge is 0.0640 e. The second-order valence-corrected chi connectivity index (χ2v) is 7.19. The van der Waals surface area contributed by atoms with Crippen LogP contribution in [-0.2, 0) is 0 Å². The van der Waals surface area contributed by atoms with E-state index < -0.39 is 0 Å². The fourth-order valence-corrected chi connectivity index (χ4v) is 4.04. The maximum Gasteiger partial charge on any atom is 0.0640 e. The number of halogens is 2. The molecule has 1 aromatic rings. The molecule has 3 rings (SSSR count). The second-order valence-electron chi connectivity index (χ2n) is 5.87. The molecule has 1 aliphatic carbocycles. The van der Waals surface area contributed by atoms with Gasteiger partial charge in [0.2, 0.25) is 0 Å². The zero-order valence-corrected chi connectivity index (χ0v) is 12.9. The maximum atomic E-state index is 6.30. The van der Waals surface area contributed by atoms with Crippen LogP contribution in [0.1, 0.15) is 38.5 Å². The van der Waals surface area contributed by atoms with E-state index in [9.17, 15) is 0 Å². The summed E-state index contributed by atoms with van der Waals surface area (Å²) in [5, 5.41) is 0.877. The summed E-state index contributed by atoms with van der Waals surface area (Å²) in [6.45, 7) is 2.40. The predicted molar refractivity (Wildman–Crippen MR) is 81.5 cm³/mol. The number of nitrogens with zero attached hydrogens (tertiary/aromatic N) is 1. The van der Waals surface area contributed by atoms with Crippen LogP contribution in [-0.4, -0.2) is 13.1 Å². The van der Waals surface area contributed by atoms with Gasteiger partial charge in [0.15, 0.2) is 0 Å². The minimum absolute atomic E-state index is 0.599. The Hall–Kier alpha value is -0.210. The molecule has 1 nitrogen and oxygen atoms in total. The topological polar surface area (TPSA) is 3.24 Å². The fourth-order valence-electron chi connectivity index (χ4n) is 3.46. The Labute approximate surface area is 123 Å². The summed E-state index contributed by atoms with van der Waals surface area (Å²) in [5.41, 5.74) is 1.79. The van der Waals surface area contributed by atoms with E-state index in [2.05, 4.69) is 26.9 Å². The Morgan fingerprint density at radius 3 is 2.39 bits per heavy atom. The van der Waals surface area contributed by atoms with Crippen molar-refractivity contribution in [2.45, 2.75) is 38.5 Å². The van der Waals surface area contributed by atoms with Crippen LogP contribution in [0.25, 0.3) is 0 Å². The van der Waals surface area contributed by atoms with Gasteiger partial charge in [-0.2, -0.15) is 0 Å². The van der Waals surface area contributed by atoms with E-state index in [0.717, 1.165) is 9.50 Å². The lowest BCUT2D eigenvalue weighted by atomic mass is 9.73. The van der Waals surface area contributed by atoms with Gasteiger partial charge in [0.25, 0.3) is 0 Å². The minimum Gasteiger partial charge on any atom is -0.369 e. The molecule has 98 valence electrons. The zero-order valence-electron chi connectivity index (χ0n) is 10.6. The number of hydrogen-bond donors (Lipinski definition) is 0. The van der Waals surface area contributed by atoms with E-state index in [0.29, 0.717) is 5.41 Å². The first-order valence-electron chi connectivity index (χ1n) is 6.89. The van der Waals surface area contributed by atoms with Crippen molar-refractivity contribution >= 4 is 33.2 Å². The van der Waals surface area contributed by atoms with Crippen LogP contribution >= 0.6 is 27.5 Å². The molecule has 1 heterocycles. The Bertz CT molecular complexity index is 430. The van der Waals surface area contributed by atoms with Crippen molar-refractivity contribution in [3.05, 3.63) is 27.7 Å². The molecule has 2 aliphatic rings. The van der Waals surface area contributed by atoms with E-state index in [1.807, 2.05) is 12.1 Å². The number of anilines is 1. The normalized spacial score (nSPS) is 22.7. The molecule has 0 atom stereocenters. The van der Waals surface area contributed by atoms with Crippen LogP contribution in [0.3, 0.4) is 0 Å². The standard InChI is InChI=1S/C15H19BrClN/c16-12-5-6-13(17)14(9-12)18-10-15(11-18)7-3-1-2-4-8-15/h5-6,9H,1-4,7-8,10-11H2. The summed E-state index contributed by atoms with van der Waals surface area (Å²) in [6, 6.07) is 6.14. The van der Waals surface area contributed by atoms with Crippen molar-refractivity contribution in [3.63, 3.8) is 0 Å². The highest BCUT2D eigenvalue weighted by Crippen LogP contribution is 2.46. The number of hydrogen-bond acceptors (Lipinski definition) is 1. The molecule has 1 saturated heterocycles. The highest BCUT2D eigenvalue weighted by molar-refractivity contribution is 9.10. The Morgan fingerprint density at radius 1 is 1.06 bits per heavy atom. The summed E-state index contributed by atoms with van der Waals surface area (Å²) >= 11 is 9.83. The van der Waals surface area contributed by atoms with Crippen molar-refractivity contribution in [3.8, 4) is 0 Å². The minimum atomic E-state index is 0.599. The molecule has 0 radical (unpaired) electrons. The average Bonchev–Trinajstić information content (AvgIpc) is 2.56. The van der Waals surface area contributed by atoms with Crippen molar-refractivity contribution in [2.75, 3.05) is 18.0 Å². The van der Waals surface area contributed by atoms with Gasteiger partial charge in [-0.3, -0.25) is 0 Å². The quantitative estimate of drug-likeness (QED) is 0.679. The molecule has 18 heavy (non-hydrogen) atoms. The molecule has 1 saturated carbocycles. The van der Waals surface area contributed by atoms with Crippen molar-refractivity contribution in [2.24, 2.45) is 5.41 Å². The van der Waals surface area contributed by atoms with Gasteiger partial charge in [-0.05, 0) is 31.0 Å². The van der Waals surface area contributed by atoms with Gasteiger partial charge in [-0.15, -0.1) is 0 Å². The van der Waals surface area contributed by atoms with Crippen LogP contribution in [0.5, 0.6) is 0 Å². The first kappa shape index (κ1) is 12.8. The van der Waals surface area contributed by atoms with Gasteiger partial charge in [-0.1, -0.05) is 53.2 Å². The fraction of sp³-hybridized carbons (Fsp3) is 0.600. The Kier molecular flexibility index (Phi) is 3.59. The SMILES string of the molecule is Clc1ccc(Br)cc1N1CC2(CCCCCC2)C1. The van der Waals surface area contributed by atoms with Crippen molar-refractivity contribution < 1.29 is 0 Å². The molecular formula is C15H19BrClN. The third-order valence-corrected chi connectivity index (χ3v) is 5.28. The average molecular weight is 329 g/mol. The first-order chi connectivity index (χ1) is 8.69. The molecule has 1 aromatic carbocycles. The number of benzene rings is 1. The largest absolute Gasteiger partial charge is 0.369 e. The summed E-state index contributed by atoms with van der Waals surface area (Å²) < 4.78 is 1.11. The van der Waals surface area contributed by atoms with Gasteiger partial charge >= 0.3 is 0 Å². The maximum absolute atomic E-state index is 6.30. The van der Waals surface area contributed by atoms with E-state index in [-0.39, 0.29) is 0 Å². The van der Waals surface area contributed by atoms with E-state index in [1.54, 1.807) is 0 Å². The van der Waals surface area contributed by atoms with E-state index >= 15 is 0 Å². The zero-order chi connectivity index (χ0) is 12.6.